The average Bonchev–Trinajstić information content (AvgIpc) is 2.83. The zero-order valence-electron chi connectivity index (χ0n) is 18.8. The number of carboxylic acids is 3. The van der Waals surface area contributed by atoms with Gasteiger partial charge in [0.05, 0.1) is 0 Å². The molecule has 0 bridgehead atoms. The predicted molar refractivity (Wildman–Crippen MR) is 125 cm³/mol. The van der Waals surface area contributed by atoms with E-state index in [2.05, 4.69) is 0 Å². The minimum atomic E-state index is -0.992. The maximum Gasteiger partial charge on any atom is 3.00 e. The normalized spacial score (nSPS) is 9.18. The molecule has 34 heavy (non-hydrogen) atoms. The molecule has 0 aromatic heterocycles. The maximum absolute atomic E-state index is 10.1. The van der Waals surface area contributed by atoms with Gasteiger partial charge in [-0.2, -0.15) is 0 Å². The Labute approximate surface area is 211 Å². The first-order valence-corrected chi connectivity index (χ1v) is 10.6. The summed E-state index contributed by atoms with van der Waals surface area (Å²) < 4.78 is 0. The first-order valence-electron chi connectivity index (χ1n) is 10.6. The number of carbonyl (C=O) groups excluding carboxylic acids is 3. The first-order chi connectivity index (χ1) is 15.9. The molecule has 7 heteroatoms. The third-order valence-electron chi connectivity index (χ3n) is 4.38. The van der Waals surface area contributed by atoms with Gasteiger partial charge in [-0.25, -0.2) is 0 Å². The Bertz CT molecular complexity index is 819. The van der Waals surface area contributed by atoms with Crippen LogP contribution in [0.2, 0.25) is 0 Å². The van der Waals surface area contributed by atoms with Crippen molar-refractivity contribution in [2.75, 3.05) is 0 Å². The molecule has 0 heterocycles. The third kappa shape index (κ3) is 17.2. The van der Waals surface area contributed by atoms with Crippen LogP contribution in [0.15, 0.2) is 91.0 Å². The SMILES string of the molecule is O=C([O-])CCc1ccccc1.O=C([O-])CCc1ccccc1.O=C([O-])CCc1ccccc1.[As+3]. The summed E-state index contributed by atoms with van der Waals surface area (Å²) in [6.07, 6.45) is 1.98. The van der Waals surface area contributed by atoms with Crippen LogP contribution >= 0.6 is 0 Å². The molecule has 0 aliphatic rings. The van der Waals surface area contributed by atoms with Crippen molar-refractivity contribution in [2.45, 2.75) is 38.5 Å². The molecule has 3 aromatic rings. The van der Waals surface area contributed by atoms with E-state index >= 15 is 0 Å². The smallest absolute Gasteiger partial charge is 0.550 e. The van der Waals surface area contributed by atoms with Crippen molar-refractivity contribution in [1.29, 1.82) is 0 Å². The Morgan fingerprint density at radius 1 is 0.441 bits per heavy atom. The molecular weight excluding hydrogens is 495 g/mol. The standard InChI is InChI=1S/3C9H10O2.As/c3*10-9(11)7-6-8-4-2-1-3-5-8;/h3*1-5H,6-7H2,(H,10,11);/q;;;+3/p-3. The van der Waals surface area contributed by atoms with Crippen molar-refractivity contribution in [1.82, 2.24) is 0 Å². The van der Waals surface area contributed by atoms with Gasteiger partial charge in [0.1, 0.15) is 0 Å². The van der Waals surface area contributed by atoms with Gasteiger partial charge < -0.3 is 29.7 Å². The fraction of sp³-hybridized carbons (Fsp3) is 0.222. The monoisotopic (exact) mass is 522 g/mol. The molecule has 0 unspecified atom stereocenters. The van der Waals surface area contributed by atoms with E-state index in [-0.39, 0.29) is 37.2 Å². The van der Waals surface area contributed by atoms with E-state index in [0.717, 1.165) is 16.7 Å². The molecule has 0 spiro atoms. The topological polar surface area (TPSA) is 120 Å². The summed E-state index contributed by atoms with van der Waals surface area (Å²) in [7, 11) is 0. The van der Waals surface area contributed by atoms with Gasteiger partial charge in [-0.1, -0.05) is 91.0 Å². The summed E-state index contributed by atoms with van der Waals surface area (Å²) in [5.41, 5.74) is 3.12. The molecule has 2 radical (unpaired) electrons. The van der Waals surface area contributed by atoms with Gasteiger partial charge in [0.2, 0.25) is 0 Å². The molecule has 3 aromatic carbocycles. The Morgan fingerprint density at radius 3 is 0.824 bits per heavy atom. The second kappa shape index (κ2) is 19.1. The molecule has 0 N–H and O–H groups in total. The van der Waals surface area contributed by atoms with Crippen LogP contribution in [-0.4, -0.2) is 35.9 Å². The molecule has 0 saturated carbocycles. The number of aliphatic carboxylic acids is 3. The van der Waals surface area contributed by atoms with E-state index in [1.807, 2.05) is 91.0 Å². The van der Waals surface area contributed by atoms with E-state index in [1.165, 1.54) is 0 Å². The van der Waals surface area contributed by atoms with Gasteiger partial charge in [0.25, 0.3) is 0 Å². The molecule has 176 valence electrons. The van der Waals surface area contributed by atoms with Crippen LogP contribution < -0.4 is 15.3 Å². The van der Waals surface area contributed by atoms with Gasteiger partial charge in [-0.3, -0.25) is 0 Å². The summed E-state index contributed by atoms with van der Waals surface area (Å²) in [5, 5.41) is 30.2. The Kier molecular flexibility index (Phi) is 17.2. The molecule has 0 aliphatic carbocycles. The molecule has 6 nitrogen and oxygen atoms in total. The number of carboxylic acid groups (broad SMARTS) is 3. The summed E-state index contributed by atoms with van der Waals surface area (Å²) >= 11 is 0. The predicted octanol–water partition coefficient (Wildman–Crippen LogP) is 0.726. The van der Waals surface area contributed by atoms with Gasteiger partial charge in [0, 0.05) is 17.9 Å². The summed E-state index contributed by atoms with van der Waals surface area (Å²) in [6, 6.07) is 28.5. The Balaban J connectivity index is 0.000000473. The Morgan fingerprint density at radius 2 is 0.647 bits per heavy atom. The van der Waals surface area contributed by atoms with Crippen molar-refractivity contribution in [3.05, 3.63) is 108 Å². The largest absolute Gasteiger partial charge is 3.00 e. The van der Waals surface area contributed by atoms with Crippen LogP contribution in [0.25, 0.3) is 0 Å². The van der Waals surface area contributed by atoms with E-state index in [9.17, 15) is 29.7 Å². The molecule has 0 amide bonds. The van der Waals surface area contributed by atoms with Gasteiger partial charge >= 0.3 is 18.0 Å². The maximum atomic E-state index is 10.1. The number of hydrogen-bond acceptors (Lipinski definition) is 6. The summed E-state index contributed by atoms with van der Waals surface area (Å²) in [5.74, 6) is -2.98. The van der Waals surface area contributed by atoms with Crippen molar-refractivity contribution < 1.29 is 29.7 Å². The molecule has 0 aliphatic heterocycles. The first kappa shape index (κ1) is 30.6. The number of aryl methyl sites for hydroxylation is 3. The minimum absolute atomic E-state index is 0. The second-order valence-electron chi connectivity index (χ2n) is 7.07. The second-order valence-corrected chi connectivity index (χ2v) is 7.07. The van der Waals surface area contributed by atoms with Crippen molar-refractivity contribution in [3.63, 3.8) is 0 Å². The van der Waals surface area contributed by atoms with Crippen molar-refractivity contribution in [3.8, 4) is 0 Å². The summed E-state index contributed by atoms with van der Waals surface area (Å²) in [6.45, 7) is 0. The minimum Gasteiger partial charge on any atom is -0.550 e. The van der Waals surface area contributed by atoms with Gasteiger partial charge in [-0.05, 0) is 55.2 Å². The van der Waals surface area contributed by atoms with Crippen LogP contribution in [-0.2, 0) is 33.6 Å². The zero-order chi connectivity index (χ0) is 24.3. The molecule has 3 rings (SSSR count). The Hall–Kier alpha value is -3.37. The fourth-order valence-corrected chi connectivity index (χ4v) is 2.67. The van der Waals surface area contributed by atoms with Crippen molar-refractivity contribution in [2.24, 2.45) is 0 Å². The molecule has 0 saturated heterocycles. The zero-order valence-corrected chi connectivity index (χ0v) is 20.7. The number of benzene rings is 3. The number of carbonyl (C=O) groups is 3. The van der Waals surface area contributed by atoms with Gasteiger partial charge in [-0.15, -0.1) is 0 Å². The quantitative estimate of drug-likeness (QED) is 0.382. The van der Waals surface area contributed by atoms with Crippen LogP contribution in [0, 0.1) is 0 Å². The van der Waals surface area contributed by atoms with Crippen LogP contribution in [0.5, 0.6) is 0 Å². The number of hydrogen-bond donors (Lipinski definition) is 0. The number of rotatable bonds is 9. The molecule has 0 fully saturated rings. The van der Waals surface area contributed by atoms with E-state index in [1.54, 1.807) is 0 Å². The van der Waals surface area contributed by atoms with Crippen LogP contribution in [0.3, 0.4) is 0 Å². The van der Waals surface area contributed by atoms with E-state index < -0.39 is 17.9 Å². The van der Waals surface area contributed by atoms with E-state index in [0.29, 0.717) is 19.3 Å². The van der Waals surface area contributed by atoms with Crippen LogP contribution in [0.4, 0.5) is 0 Å². The summed E-state index contributed by atoms with van der Waals surface area (Å²) in [4.78, 5) is 30.2. The van der Waals surface area contributed by atoms with Crippen LogP contribution in [0.1, 0.15) is 36.0 Å². The van der Waals surface area contributed by atoms with E-state index in [4.69, 9.17) is 0 Å². The average molecular weight is 522 g/mol. The molecule has 0 atom stereocenters. The molecular formula is C27H27AsO6. The van der Waals surface area contributed by atoms with Gasteiger partial charge in [0.15, 0.2) is 0 Å². The van der Waals surface area contributed by atoms with Crippen molar-refractivity contribution >= 4 is 35.9 Å². The fourth-order valence-electron chi connectivity index (χ4n) is 2.67. The third-order valence-corrected chi connectivity index (χ3v) is 4.38.